The molecule has 0 atom stereocenters. The van der Waals surface area contributed by atoms with Crippen molar-refractivity contribution < 1.29 is 4.79 Å². The van der Waals surface area contributed by atoms with Crippen LogP contribution in [-0.2, 0) is 0 Å². The molecule has 0 aliphatic heterocycles. The molecule has 0 spiro atoms. The fourth-order valence-electron chi connectivity index (χ4n) is 1.48. The minimum atomic E-state index is -0.150. The van der Waals surface area contributed by atoms with E-state index >= 15 is 0 Å². The number of thiophene rings is 1. The average molecular weight is 311 g/mol. The number of nitrogens with two attached hydrogens (primary N) is 1. The van der Waals surface area contributed by atoms with E-state index in [9.17, 15) is 4.79 Å². The van der Waals surface area contributed by atoms with Gasteiger partial charge in [0.25, 0.3) is 5.91 Å². The summed E-state index contributed by atoms with van der Waals surface area (Å²) >= 11 is 4.88. The summed E-state index contributed by atoms with van der Waals surface area (Å²) < 4.78 is 0.790. The molecule has 1 aromatic carbocycles. The third-order valence-electron chi connectivity index (χ3n) is 2.29. The summed E-state index contributed by atoms with van der Waals surface area (Å²) in [6.45, 7) is 1.95. The number of carbonyl (C=O) groups is 1. The molecule has 0 saturated heterocycles. The highest BCUT2D eigenvalue weighted by Crippen LogP contribution is 2.30. The second kappa shape index (κ2) is 4.89. The fraction of sp³-hybridized carbons (Fsp3) is 0.0833. The van der Waals surface area contributed by atoms with Gasteiger partial charge in [0.15, 0.2) is 0 Å². The van der Waals surface area contributed by atoms with Crippen LogP contribution in [0.25, 0.3) is 0 Å². The summed E-state index contributed by atoms with van der Waals surface area (Å²) in [5.74, 6) is -0.150. The summed E-state index contributed by atoms with van der Waals surface area (Å²) in [7, 11) is 0. The smallest absolute Gasteiger partial charge is 0.256 e. The van der Waals surface area contributed by atoms with Gasteiger partial charge in [0, 0.05) is 9.85 Å². The second-order valence-corrected chi connectivity index (χ2v) is 5.31. The summed E-state index contributed by atoms with van der Waals surface area (Å²) in [5, 5.41) is 6.47. The first-order chi connectivity index (χ1) is 8.08. The van der Waals surface area contributed by atoms with E-state index in [4.69, 9.17) is 5.73 Å². The molecule has 0 aliphatic rings. The molecule has 0 unspecified atom stereocenters. The zero-order valence-electron chi connectivity index (χ0n) is 9.16. The minimum absolute atomic E-state index is 0.150. The molecule has 17 heavy (non-hydrogen) atoms. The Kier molecular flexibility index (Phi) is 3.49. The van der Waals surface area contributed by atoms with Gasteiger partial charge in [0.05, 0.1) is 16.9 Å². The van der Waals surface area contributed by atoms with E-state index in [1.165, 1.54) is 11.3 Å². The zero-order chi connectivity index (χ0) is 12.4. The number of benzene rings is 1. The van der Waals surface area contributed by atoms with Crippen LogP contribution < -0.4 is 11.1 Å². The van der Waals surface area contributed by atoms with Crippen molar-refractivity contribution >= 4 is 44.5 Å². The van der Waals surface area contributed by atoms with Crippen LogP contribution in [-0.4, -0.2) is 5.91 Å². The van der Waals surface area contributed by atoms with Gasteiger partial charge >= 0.3 is 0 Å². The van der Waals surface area contributed by atoms with Crippen molar-refractivity contribution in [2.75, 3.05) is 11.1 Å². The van der Waals surface area contributed by atoms with Crippen LogP contribution in [0.15, 0.2) is 33.4 Å². The van der Waals surface area contributed by atoms with Gasteiger partial charge in [-0.05, 0) is 52.0 Å². The van der Waals surface area contributed by atoms with E-state index in [1.807, 2.05) is 24.4 Å². The first kappa shape index (κ1) is 12.1. The molecule has 3 N–H and O–H groups in total. The number of rotatable bonds is 2. The van der Waals surface area contributed by atoms with Crippen LogP contribution in [0.4, 0.5) is 11.4 Å². The highest BCUT2D eigenvalue weighted by atomic mass is 79.9. The summed E-state index contributed by atoms with van der Waals surface area (Å²) in [5.41, 5.74) is 8.74. The summed E-state index contributed by atoms with van der Waals surface area (Å²) in [6.07, 6.45) is 0. The lowest BCUT2D eigenvalue weighted by atomic mass is 10.2. The molecular weight excluding hydrogens is 300 g/mol. The van der Waals surface area contributed by atoms with Crippen molar-refractivity contribution in [3.63, 3.8) is 0 Å². The maximum absolute atomic E-state index is 11.9. The van der Waals surface area contributed by atoms with Gasteiger partial charge in [0.1, 0.15) is 0 Å². The van der Waals surface area contributed by atoms with Gasteiger partial charge in [0.2, 0.25) is 0 Å². The second-order valence-electron chi connectivity index (χ2n) is 3.68. The molecule has 2 rings (SSSR count). The number of aryl methyl sites for hydroxylation is 1. The topological polar surface area (TPSA) is 55.1 Å². The van der Waals surface area contributed by atoms with E-state index in [0.717, 1.165) is 10.0 Å². The lowest BCUT2D eigenvalue weighted by Gasteiger charge is -2.10. The van der Waals surface area contributed by atoms with E-state index in [2.05, 4.69) is 21.2 Å². The molecule has 0 fully saturated rings. The maximum atomic E-state index is 11.9. The third kappa shape index (κ3) is 2.68. The van der Waals surface area contributed by atoms with Crippen molar-refractivity contribution in [1.29, 1.82) is 0 Å². The van der Waals surface area contributed by atoms with Crippen LogP contribution >= 0.6 is 27.3 Å². The van der Waals surface area contributed by atoms with Gasteiger partial charge in [-0.2, -0.15) is 11.3 Å². The monoisotopic (exact) mass is 310 g/mol. The first-order valence-corrected chi connectivity index (χ1v) is 6.70. The molecular formula is C12H11BrN2OS. The van der Waals surface area contributed by atoms with E-state index in [0.29, 0.717) is 16.9 Å². The van der Waals surface area contributed by atoms with E-state index in [-0.39, 0.29) is 5.91 Å². The number of carbonyl (C=O) groups excluding carboxylic acids is 1. The minimum Gasteiger partial charge on any atom is -0.397 e. The van der Waals surface area contributed by atoms with Crippen LogP contribution in [0.3, 0.4) is 0 Å². The molecule has 88 valence electrons. The van der Waals surface area contributed by atoms with Gasteiger partial charge in [-0.25, -0.2) is 0 Å². The molecule has 3 nitrogen and oxygen atoms in total. The molecule has 0 saturated carbocycles. The number of nitrogen functional groups attached to an aromatic ring is 1. The Bertz CT molecular complexity index is 529. The maximum Gasteiger partial charge on any atom is 0.256 e. The predicted octanol–water partition coefficient (Wildman–Crippen LogP) is 3.65. The van der Waals surface area contributed by atoms with Crippen molar-refractivity contribution in [2.45, 2.75) is 6.92 Å². The Morgan fingerprint density at radius 1 is 1.47 bits per heavy atom. The van der Waals surface area contributed by atoms with Gasteiger partial charge in [-0.3, -0.25) is 4.79 Å². The summed E-state index contributed by atoms with van der Waals surface area (Å²) in [6, 6.07) is 5.52. The van der Waals surface area contributed by atoms with Crippen molar-refractivity contribution in [1.82, 2.24) is 0 Å². The third-order valence-corrected chi connectivity index (χ3v) is 3.60. The van der Waals surface area contributed by atoms with Crippen molar-refractivity contribution in [3.8, 4) is 0 Å². The van der Waals surface area contributed by atoms with Gasteiger partial charge < -0.3 is 11.1 Å². The predicted molar refractivity (Wildman–Crippen MR) is 75.6 cm³/mol. The number of hydrogen-bond acceptors (Lipinski definition) is 3. The molecule has 5 heteroatoms. The molecule has 0 bridgehead atoms. The van der Waals surface area contributed by atoms with Crippen LogP contribution in [0.1, 0.15) is 15.9 Å². The van der Waals surface area contributed by atoms with Crippen molar-refractivity contribution in [3.05, 3.63) is 44.6 Å². The SMILES string of the molecule is Cc1cc(N)c(NC(=O)c2ccsc2)c(Br)c1. The Hall–Kier alpha value is -1.33. The highest BCUT2D eigenvalue weighted by molar-refractivity contribution is 9.10. The Balaban J connectivity index is 2.28. The van der Waals surface area contributed by atoms with Crippen LogP contribution in [0.5, 0.6) is 0 Å². The Labute approximate surface area is 112 Å². The average Bonchev–Trinajstić information content (AvgIpc) is 2.76. The standard InChI is InChI=1S/C12H11BrN2OS/c1-7-4-9(13)11(10(14)5-7)15-12(16)8-2-3-17-6-8/h2-6H,14H2,1H3,(H,15,16). The quantitative estimate of drug-likeness (QED) is 0.832. The molecule has 2 aromatic rings. The van der Waals surface area contributed by atoms with Crippen LogP contribution in [0, 0.1) is 6.92 Å². The Morgan fingerprint density at radius 2 is 2.24 bits per heavy atom. The Morgan fingerprint density at radius 3 is 2.82 bits per heavy atom. The van der Waals surface area contributed by atoms with Gasteiger partial charge in [-0.15, -0.1) is 0 Å². The number of anilines is 2. The molecule has 0 radical (unpaired) electrons. The normalized spacial score (nSPS) is 10.2. The fourth-order valence-corrected chi connectivity index (χ4v) is 2.81. The van der Waals surface area contributed by atoms with Crippen LogP contribution in [0.2, 0.25) is 0 Å². The number of nitrogens with one attached hydrogen (secondary N) is 1. The van der Waals surface area contributed by atoms with Gasteiger partial charge in [-0.1, -0.05) is 0 Å². The largest absolute Gasteiger partial charge is 0.397 e. The molecule has 1 heterocycles. The zero-order valence-corrected chi connectivity index (χ0v) is 11.6. The number of amides is 1. The van der Waals surface area contributed by atoms with E-state index < -0.39 is 0 Å². The number of halogens is 1. The molecule has 1 aromatic heterocycles. The lowest BCUT2D eigenvalue weighted by Crippen LogP contribution is -2.12. The number of hydrogen-bond donors (Lipinski definition) is 2. The summed E-state index contributed by atoms with van der Waals surface area (Å²) in [4.78, 5) is 11.9. The molecule has 0 aliphatic carbocycles. The first-order valence-electron chi connectivity index (χ1n) is 4.97. The highest BCUT2D eigenvalue weighted by Gasteiger charge is 2.11. The van der Waals surface area contributed by atoms with Crippen molar-refractivity contribution in [2.24, 2.45) is 0 Å². The molecule has 1 amide bonds. The lowest BCUT2D eigenvalue weighted by molar-refractivity contribution is 0.102. The van der Waals surface area contributed by atoms with E-state index in [1.54, 1.807) is 11.4 Å².